The van der Waals surface area contributed by atoms with Crippen molar-refractivity contribution in [3.8, 4) is 5.75 Å². The van der Waals surface area contributed by atoms with E-state index in [4.69, 9.17) is 0 Å². The minimum absolute atomic E-state index is 0.177. The van der Waals surface area contributed by atoms with Gasteiger partial charge in [0.05, 0.1) is 0 Å². The van der Waals surface area contributed by atoms with Crippen molar-refractivity contribution < 1.29 is 5.11 Å². The summed E-state index contributed by atoms with van der Waals surface area (Å²) in [5.74, 6) is 0.262. The number of aryl methyl sites for hydroxylation is 2. The third-order valence-corrected chi connectivity index (χ3v) is 4.19. The van der Waals surface area contributed by atoms with Gasteiger partial charge >= 0.3 is 0 Å². The van der Waals surface area contributed by atoms with Gasteiger partial charge in [-0.3, -0.25) is 5.11 Å². The molecule has 0 heterocycles. The van der Waals surface area contributed by atoms with E-state index in [-0.39, 0.29) is 11.2 Å². The van der Waals surface area contributed by atoms with E-state index in [1.807, 2.05) is 0 Å². The second kappa shape index (κ2) is 6.98. The lowest BCUT2D eigenvalue weighted by Crippen LogP contribution is -2.17. The molecule has 19 heavy (non-hydrogen) atoms. The Kier molecular flexibility index (Phi) is 5.90. The molecule has 107 valence electrons. The van der Waals surface area contributed by atoms with Gasteiger partial charge in [-0.2, -0.15) is 0 Å². The molecule has 0 aromatic heterocycles. The van der Waals surface area contributed by atoms with Crippen LogP contribution in [0.1, 0.15) is 77.0 Å². The number of hydrogen-bond acceptors (Lipinski definition) is 0. The predicted octanol–water partition coefficient (Wildman–Crippen LogP) is 5.81. The first-order chi connectivity index (χ1) is 8.96. The SMILES string of the molecule is CCCCCC(C)(C)c1cc(CC)c([O])c(CC)c1. The van der Waals surface area contributed by atoms with Gasteiger partial charge in [-0.05, 0) is 41.4 Å². The van der Waals surface area contributed by atoms with Crippen LogP contribution in [-0.4, -0.2) is 0 Å². The standard InChI is InChI=1S/C18H29O/c1-6-9-10-11-18(4,5)16-12-14(7-2)17(19)15(8-3)13-16/h12-13H,6-11H2,1-5H3. The maximum Gasteiger partial charge on any atom is 0.184 e. The molecule has 1 aromatic rings. The van der Waals surface area contributed by atoms with E-state index in [9.17, 15) is 5.11 Å². The lowest BCUT2D eigenvalue weighted by atomic mass is 9.78. The summed E-state index contributed by atoms with van der Waals surface area (Å²) in [4.78, 5) is 0. The molecule has 0 spiro atoms. The third kappa shape index (κ3) is 3.99. The van der Waals surface area contributed by atoms with Crippen LogP contribution in [0.4, 0.5) is 0 Å². The Morgan fingerprint density at radius 3 is 1.89 bits per heavy atom. The molecule has 1 nitrogen and oxygen atoms in total. The van der Waals surface area contributed by atoms with E-state index >= 15 is 0 Å². The first-order valence-corrected chi connectivity index (χ1v) is 7.79. The highest BCUT2D eigenvalue weighted by Gasteiger charge is 2.22. The van der Waals surface area contributed by atoms with Crippen LogP contribution in [0.3, 0.4) is 0 Å². The quantitative estimate of drug-likeness (QED) is 0.552. The fourth-order valence-electron chi connectivity index (χ4n) is 2.63. The van der Waals surface area contributed by atoms with Crippen molar-refractivity contribution in [1.29, 1.82) is 0 Å². The summed E-state index contributed by atoms with van der Waals surface area (Å²) < 4.78 is 0. The Bertz CT molecular complexity index is 379. The molecule has 0 bridgehead atoms. The van der Waals surface area contributed by atoms with Gasteiger partial charge < -0.3 is 0 Å². The van der Waals surface area contributed by atoms with Crippen LogP contribution in [0.25, 0.3) is 0 Å². The van der Waals surface area contributed by atoms with Gasteiger partial charge in [-0.15, -0.1) is 0 Å². The Morgan fingerprint density at radius 1 is 0.947 bits per heavy atom. The largest absolute Gasteiger partial charge is 0.289 e. The van der Waals surface area contributed by atoms with Gasteiger partial charge in [0.25, 0.3) is 0 Å². The molecule has 1 radical (unpaired) electrons. The van der Waals surface area contributed by atoms with E-state index in [0.29, 0.717) is 0 Å². The van der Waals surface area contributed by atoms with Crippen molar-refractivity contribution in [2.45, 2.75) is 78.6 Å². The molecule has 0 saturated heterocycles. The second-order valence-corrected chi connectivity index (χ2v) is 6.17. The van der Waals surface area contributed by atoms with Crippen LogP contribution < -0.4 is 0 Å². The van der Waals surface area contributed by atoms with Crippen molar-refractivity contribution in [2.75, 3.05) is 0 Å². The molecule has 1 rings (SSSR count). The van der Waals surface area contributed by atoms with Gasteiger partial charge in [0.2, 0.25) is 0 Å². The predicted molar refractivity (Wildman–Crippen MR) is 82.5 cm³/mol. The number of hydrogen-bond donors (Lipinski definition) is 0. The Labute approximate surface area is 119 Å². The lowest BCUT2D eigenvalue weighted by Gasteiger charge is -2.27. The van der Waals surface area contributed by atoms with Crippen molar-refractivity contribution in [1.82, 2.24) is 0 Å². The van der Waals surface area contributed by atoms with Gasteiger partial charge in [-0.25, -0.2) is 0 Å². The van der Waals surface area contributed by atoms with E-state index in [0.717, 1.165) is 24.0 Å². The Morgan fingerprint density at radius 2 is 1.47 bits per heavy atom. The van der Waals surface area contributed by atoms with Crippen molar-refractivity contribution >= 4 is 0 Å². The summed E-state index contributed by atoms with van der Waals surface area (Å²) in [6.07, 6.45) is 6.70. The van der Waals surface area contributed by atoms with Crippen molar-refractivity contribution in [3.63, 3.8) is 0 Å². The van der Waals surface area contributed by atoms with E-state index in [2.05, 4.69) is 46.8 Å². The molecule has 0 saturated carbocycles. The Hall–Kier alpha value is -0.980. The molecule has 0 N–H and O–H groups in total. The summed E-state index contributed by atoms with van der Waals surface area (Å²) in [5.41, 5.74) is 3.49. The van der Waals surface area contributed by atoms with Crippen LogP contribution >= 0.6 is 0 Å². The fraction of sp³-hybridized carbons (Fsp3) is 0.667. The average Bonchev–Trinajstić information content (AvgIpc) is 2.39. The Balaban J connectivity index is 3.04. The maximum absolute atomic E-state index is 12.2. The smallest absolute Gasteiger partial charge is 0.184 e. The summed E-state index contributed by atoms with van der Waals surface area (Å²) in [5, 5.41) is 12.2. The highest BCUT2D eigenvalue weighted by molar-refractivity contribution is 5.45. The van der Waals surface area contributed by atoms with Gasteiger partial charge in [0, 0.05) is 0 Å². The molecule has 0 aliphatic carbocycles. The minimum atomic E-state index is 0.177. The highest BCUT2D eigenvalue weighted by atomic mass is 16.3. The van der Waals surface area contributed by atoms with Gasteiger partial charge in [-0.1, -0.05) is 66.0 Å². The zero-order valence-corrected chi connectivity index (χ0v) is 13.3. The monoisotopic (exact) mass is 261 g/mol. The molecule has 0 amide bonds. The second-order valence-electron chi connectivity index (χ2n) is 6.17. The first-order valence-electron chi connectivity index (χ1n) is 7.79. The van der Waals surface area contributed by atoms with Crippen LogP contribution in [0.5, 0.6) is 5.75 Å². The molecular weight excluding hydrogens is 232 g/mol. The van der Waals surface area contributed by atoms with Crippen LogP contribution in [0.15, 0.2) is 12.1 Å². The number of benzene rings is 1. The normalized spacial score (nSPS) is 11.8. The van der Waals surface area contributed by atoms with Crippen LogP contribution in [-0.2, 0) is 23.4 Å². The molecule has 1 heteroatoms. The van der Waals surface area contributed by atoms with Gasteiger partial charge in [0.1, 0.15) is 0 Å². The molecule has 0 unspecified atom stereocenters. The molecular formula is C18H29O. The molecule has 0 fully saturated rings. The molecule has 0 aliphatic heterocycles. The molecule has 1 aromatic carbocycles. The third-order valence-electron chi connectivity index (χ3n) is 4.19. The molecule has 0 atom stereocenters. The highest BCUT2D eigenvalue weighted by Crippen LogP contribution is 2.35. The number of unbranched alkanes of at least 4 members (excludes halogenated alkanes) is 2. The maximum atomic E-state index is 12.2. The first kappa shape index (κ1) is 16.1. The summed E-state index contributed by atoms with van der Waals surface area (Å²) in [6.45, 7) is 11.0. The van der Waals surface area contributed by atoms with E-state index < -0.39 is 0 Å². The molecule has 0 aliphatic rings. The summed E-state index contributed by atoms with van der Waals surface area (Å²) >= 11 is 0. The van der Waals surface area contributed by atoms with E-state index in [1.54, 1.807) is 0 Å². The van der Waals surface area contributed by atoms with E-state index in [1.165, 1.54) is 31.2 Å². The van der Waals surface area contributed by atoms with Crippen molar-refractivity contribution in [2.24, 2.45) is 0 Å². The minimum Gasteiger partial charge on any atom is -0.289 e. The average molecular weight is 261 g/mol. The number of rotatable bonds is 7. The van der Waals surface area contributed by atoms with Crippen LogP contribution in [0.2, 0.25) is 0 Å². The zero-order chi connectivity index (χ0) is 14.5. The fourth-order valence-corrected chi connectivity index (χ4v) is 2.63. The lowest BCUT2D eigenvalue weighted by molar-refractivity contribution is 0.344. The zero-order valence-electron chi connectivity index (χ0n) is 13.3. The van der Waals surface area contributed by atoms with Crippen LogP contribution in [0, 0.1) is 0 Å². The van der Waals surface area contributed by atoms with Crippen molar-refractivity contribution in [3.05, 3.63) is 28.8 Å². The summed E-state index contributed by atoms with van der Waals surface area (Å²) in [6, 6.07) is 4.29. The topological polar surface area (TPSA) is 19.9 Å². The van der Waals surface area contributed by atoms with Gasteiger partial charge in [0.15, 0.2) is 5.75 Å². The summed E-state index contributed by atoms with van der Waals surface area (Å²) in [7, 11) is 0.